The van der Waals surface area contributed by atoms with Gasteiger partial charge in [-0.3, -0.25) is 4.79 Å². The molecule has 1 N–H and O–H groups in total. The summed E-state index contributed by atoms with van der Waals surface area (Å²) >= 11 is 0. The molecule has 1 atom stereocenters. The first-order valence-electron chi connectivity index (χ1n) is 8.84. The molecule has 0 spiro atoms. The molecule has 1 aromatic heterocycles. The lowest BCUT2D eigenvalue weighted by Crippen LogP contribution is -2.29. The third-order valence-corrected chi connectivity index (χ3v) is 4.68. The number of nitrogens with zero attached hydrogens (tertiary/aromatic N) is 2. The van der Waals surface area contributed by atoms with Crippen LogP contribution in [-0.2, 0) is 0 Å². The van der Waals surface area contributed by atoms with E-state index in [1.165, 1.54) is 6.07 Å². The molecule has 4 rings (SSSR count). The van der Waals surface area contributed by atoms with Crippen molar-refractivity contribution >= 4 is 5.91 Å². The van der Waals surface area contributed by atoms with Crippen LogP contribution in [0.5, 0.6) is 0 Å². The van der Waals surface area contributed by atoms with E-state index in [2.05, 4.69) is 10.4 Å². The van der Waals surface area contributed by atoms with Crippen LogP contribution in [0.15, 0.2) is 60.7 Å². The zero-order valence-corrected chi connectivity index (χ0v) is 14.5. The normalized spacial score (nSPS) is 14.8. The van der Waals surface area contributed by atoms with Gasteiger partial charge in [0, 0.05) is 11.5 Å². The molecule has 0 aliphatic heterocycles. The Morgan fingerprint density at radius 1 is 1.15 bits per heavy atom. The van der Waals surface area contributed by atoms with Crippen molar-refractivity contribution in [1.29, 1.82) is 0 Å². The Hall–Kier alpha value is -2.95. The van der Waals surface area contributed by atoms with Crippen LogP contribution in [0.3, 0.4) is 0 Å². The maximum Gasteiger partial charge on any atom is 0.270 e. The monoisotopic (exact) mass is 349 g/mol. The molecule has 1 aliphatic carbocycles. The number of aromatic nitrogens is 2. The molecule has 26 heavy (non-hydrogen) atoms. The highest BCUT2D eigenvalue weighted by atomic mass is 19.1. The lowest BCUT2D eigenvalue weighted by molar-refractivity contribution is 0.0931. The Morgan fingerprint density at radius 2 is 1.85 bits per heavy atom. The Bertz CT molecular complexity index is 931. The summed E-state index contributed by atoms with van der Waals surface area (Å²) in [6, 6.07) is 17.5. The smallest absolute Gasteiger partial charge is 0.270 e. The van der Waals surface area contributed by atoms with Crippen molar-refractivity contribution in [2.45, 2.75) is 31.7 Å². The lowest BCUT2D eigenvalue weighted by atomic mass is 10.1. The van der Waals surface area contributed by atoms with E-state index in [0.717, 1.165) is 24.2 Å². The van der Waals surface area contributed by atoms with Gasteiger partial charge in [-0.25, -0.2) is 9.07 Å². The molecule has 0 bridgehead atoms. The van der Waals surface area contributed by atoms with E-state index in [9.17, 15) is 9.18 Å². The fourth-order valence-electron chi connectivity index (χ4n) is 3.08. The maximum absolute atomic E-state index is 14.0. The van der Waals surface area contributed by atoms with Gasteiger partial charge >= 0.3 is 0 Å². The summed E-state index contributed by atoms with van der Waals surface area (Å²) < 4.78 is 15.7. The van der Waals surface area contributed by atoms with E-state index in [1.54, 1.807) is 29.8 Å². The molecule has 1 heterocycles. The summed E-state index contributed by atoms with van der Waals surface area (Å²) in [5.74, 6) is -0.143. The molecule has 0 radical (unpaired) electrons. The van der Waals surface area contributed by atoms with Gasteiger partial charge in [0.15, 0.2) is 0 Å². The standard InChI is InChI=1S/C21H20FN3O/c1-14(17-9-5-6-10-18(17)22)23-21(26)20-13-19(15-11-12-15)24-25(20)16-7-3-2-4-8-16/h2-10,13-15H,11-12H2,1H3,(H,23,26). The van der Waals surface area contributed by atoms with Crippen LogP contribution >= 0.6 is 0 Å². The van der Waals surface area contributed by atoms with Gasteiger partial charge in [0.25, 0.3) is 5.91 Å². The predicted octanol–water partition coefficient (Wildman–Crippen LogP) is 4.38. The molecule has 1 unspecified atom stereocenters. The number of halogens is 1. The van der Waals surface area contributed by atoms with Crippen molar-refractivity contribution in [3.8, 4) is 5.69 Å². The van der Waals surface area contributed by atoms with E-state index in [0.29, 0.717) is 17.2 Å². The lowest BCUT2D eigenvalue weighted by Gasteiger charge is -2.15. The predicted molar refractivity (Wildman–Crippen MR) is 97.8 cm³/mol. The summed E-state index contributed by atoms with van der Waals surface area (Å²) in [5.41, 5.74) is 2.72. The highest BCUT2D eigenvalue weighted by molar-refractivity contribution is 5.93. The molecule has 2 aromatic carbocycles. The number of benzene rings is 2. The molecular weight excluding hydrogens is 329 g/mol. The molecule has 1 aliphatic rings. The van der Waals surface area contributed by atoms with Gasteiger partial charge in [0.1, 0.15) is 11.5 Å². The van der Waals surface area contributed by atoms with E-state index in [1.807, 2.05) is 36.4 Å². The Balaban J connectivity index is 1.64. The van der Waals surface area contributed by atoms with Crippen molar-refractivity contribution in [2.24, 2.45) is 0 Å². The van der Waals surface area contributed by atoms with Gasteiger partial charge in [-0.1, -0.05) is 36.4 Å². The van der Waals surface area contributed by atoms with Crippen molar-refractivity contribution in [1.82, 2.24) is 15.1 Å². The summed E-state index contributed by atoms with van der Waals surface area (Å²) in [7, 11) is 0. The molecule has 1 saturated carbocycles. The second kappa shape index (κ2) is 6.75. The average Bonchev–Trinajstić information content (AvgIpc) is 3.41. The van der Waals surface area contributed by atoms with Crippen LogP contribution in [0, 0.1) is 5.82 Å². The van der Waals surface area contributed by atoms with E-state index < -0.39 is 6.04 Å². The largest absolute Gasteiger partial charge is 0.344 e. The fourth-order valence-corrected chi connectivity index (χ4v) is 3.08. The van der Waals surface area contributed by atoms with Crippen LogP contribution in [0.2, 0.25) is 0 Å². The van der Waals surface area contributed by atoms with Crippen LogP contribution in [0.4, 0.5) is 4.39 Å². The van der Waals surface area contributed by atoms with Crippen molar-refractivity contribution < 1.29 is 9.18 Å². The average molecular weight is 349 g/mol. The summed E-state index contributed by atoms with van der Waals surface area (Å²) in [5, 5.41) is 7.54. The minimum atomic E-state index is -0.438. The van der Waals surface area contributed by atoms with Gasteiger partial charge < -0.3 is 5.32 Å². The van der Waals surface area contributed by atoms with Gasteiger partial charge in [-0.2, -0.15) is 5.10 Å². The van der Waals surface area contributed by atoms with Gasteiger partial charge in [-0.15, -0.1) is 0 Å². The van der Waals surface area contributed by atoms with Crippen molar-refractivity contribution in [2.75, 3.05) is 0 Å². The number of hydrogen-bond acceptors (Lipinski definition) is 2. The first-order valence-corrected chi connectivity index (χ1v) is 8.84. The van der Waals surface area contributed by atoms with Crippen molar-refractivity contribution in [3.05, 3.63) is 83.4 Å². The quantitative estimate of drug-likeness (QED) is 0.743. The first kappa shape index (κ1) is 16.5. The number of carbonyl (C=O) groups is 1. The first-order chi connectivity index (χ1) is 12.6. The molecule has 1 amide bonds. The molecule has 5 heteroatoms. The molecular formula is C21H20FN3O. The Morgan fingerprint density at radius 3 is 2.54 bits per heavy atom. The highest BCUT2D eigenvalue weighted by Gasteiger charge is 2.29. The summed E-state index contributed by atoms with van der Waals surface area (Å²) in [6.45, 7) is 1.78. The maximum atomic E-state index is 14.0. The fraction of sp³-hybridized carbons (Fsp3) is 0.238. The molecule has 1 fully saturated rings. The van der Waals surface area contributed by atoms with Crippen LogP contribution in [0.25, 0.3) is 5.69 Å². The number of amides is 1. The van der Waals surface area contributed by atoms with Crippen LogP contribution in [0.1, 0.15) is 53.5 Å². The number of para-hydroxylation sites is 1. The van der Waals surface area contributed by atoms with Crippen LogP contribution in [-0.4, -0.2) is 15.7 Å². The second-order valence-corrected chi connectivity index (χ2v) is 6.69. The van der Waals surface area contributed by atoms with Gasteiger partial charge in [0.05, 0.1) is 17.4 Å². The number of nitrogens with one attached hydrogen (secondary N) is 1. The van der Waals surface area contributed by atoms with Gasteiger partial charge in [0.2, 0.25) is 0 Å². The second-order valence-electron chi connectivity index (χ2n) is 6.69. The molecule has 0 saturated heterocycles. The zero-order valence-electron chi connectivity index (χ0n) is 14.5. The molecule has 132 valence electrons. The highest BCUT2D eigenvalue weighted by Crippen LogP contribution is 2.39. The topological polar surface area (TPSA) is 46.9 Å². The van der Waals surface area contributed by atoms with Gasteiger partial charge in [-0.05, 0) is 44.0 Å². The zero-order chi connectivity index (χ0) is 18.1. The van der Waals surface area contributed by atoms with Crippen molar-refractivity contribution in [3.63, 3.8) is 0 Å². The Labute approximate surface area is 151 Å². The number of carbonyl (C=O) groups excluding carboxylic acids is 1. The third kappa shape index (κ3) is 3.25. The third-order valence-electron chi connectivity index (χ3n) is 4.68. The number of rotatable bonds is 5. The number of hydrogen-bond donors (Lipinski definition) is 1. The van der Waals surface area contributed by atoms with E-state index in [4.69, 9.17) is 0 Å². The summed E-state index contributed by atoms with van der Waals surface area (Å²) in [6.07, 6.45) is 2.22. The van der Waals surface area contributed by atoms with Crippen LogP contribution < -0.4 is 5.32 Å². The summed E-state index contributed by atoms with van der Waals surface area (Å²) in [4.78, 5) is 12.9. The molecule has 4 nitrogen and oxygen atoms in total. The Kier molecular flexibility index (Phi) is 4.29. The van der Waals surface area contributed by atoms with E-state index >= 15 is 0 Å². The van der Waals surface area contributed by atoms with E-state index in [-0.39, 0.29) is 11.7 Å². The minimum absolute atomic E-state index is 0.260. The SMILES string of the molecule is CC(NC(=O)c1cc(C2CC2)nn1-c1ccccc1)c1ccccc1F. The molecule has 3 aromatic rings. The minimum Gasteiger partial charge on any atom is -0.344 e.